The molecule has 2 aliphatic heterocycles. The second kappa shape index (κ2) is 10.8. The quantitative estimate of drug-likeness (QED) is 0.502. The Morgan fingerprint density at radius 3 is 2.24 bits per heavy atom. The van der Waals surface area contributed by atoms with E-state index < -0.39 is 0 Å². The molecular formula is C28H32ClN5O3. The molecule has 0 aliphatic carbocycles. The first kappa shape index (κ1) is 25.1. The molecule has 0 radical (unpaired) electrons. The molecule has 0 bridgehead atoms. The lowest BCUT2D eigenvalue weighted by Gasteiger charge is -2.37. The van der Waals surface area contributed by atoms with E-state index in [0.717, 1.165) is 48.7 Å². The smallest absolute Gasteiger partial charge is 0.257 e. The Bertz CT molecular complexity index is 1260. The summed E-state index contributed by atoms with van der Waals surface area (Å²) in [6.07, 6.45) is 3.29. The number of anilines is 1. The second-order valence-corrected chi connectivity index (χ2v) is 10.00. The van der Waals surface area contributed by atoms with Crippen molar-refractivity contribution in [3.05, 3.63) is 71.0 Å². The van der Waals surface area contributed by atoms with Crippen LogP contribution in [-0.2, 0) is 4.79 Å². The van der Waals surface area contributed by atoms with Crippen LogP contribution in [0.15, 0.2) is 54.7 Å². The lowest BCUT2D eigenvalue weighted by molar-refractivity contribution is -0.129. The molecule has 2 amide bonds. The van der Waals surface area contributed by atoms with Gasteiger partial charge in [-0.25, -0.2) is 4.68 Å². The lowest BCUT2D eigenvalue weighted by Crippen LogP contribution is -2.49. The number of hydrogen-bond acceptors (Lipinski definition) is 5. The highest BCUT2D eigenvalue weighted by molar-refractivity contribution is 6.30. The van der Waals surface area contributed by atoms with Gasteiger partial charge in [-0.3, -0.25) is 9.59 Å². The number of ether oxygens (including phenoxy) is 1. The van der Waals surface area contributed by atoms with Gasteiger partial charge in [0.1, 0.15) is 5.75 Å². The molecule has 0 spiro atoms. The number of hydrogen-bond donors (Lipinski definition) is 0. The van der Waals surface area contributed by atoms with Crippen molar-refractivity contribution in [2.75, 3.05) is 51.3 Å². The number of carbonyl (C=O) groups excluding carboxylic acids is 2. The molecule has 37 heavy (non-hydrogen) atoms. The van der Waals surface area contributed by atoms with E-state index in [1.165, 1.54) is 0 Å². The number of para-hydroxylation sites is 2. The first-order chi connectivity index (χ1) is 18.0. The SMILES string of the molecule is COc1ccccc1N1CCN(C(=O)c2cnn(-c3ccc(Cl)cc3)c2C2CCN(C(C)=O)CC2)CC1. The van der Waals surface area contributed by atoms with E-state index in [-0.39, 0.29) is 17.7 Å². The summed E-state index contributed by atoms with van der Waals surface area (Å²) in [5.41, 5.74) is 3.48. The molecule has 2 fully saturated rings. The minimum atomic E-state index is 0.00360. The third kappa shape index (κ3) is 5.16. The molecule has 2 aromatic carbocycles. The van der Waals surface area contributed by atoms with Gasteiger partial charge < -0.3 is 19.4 Å². The number of amides is 2. The number of likely N-dealkylation sites (tertiary alicyclic amines) is 1. The normalized spacial score (nSPS) is 16.7. The molecule has 2 saturated heterocycles. The zero-order chi connectivity index (χ0) is 25.9. The molecule has 3 heterocycles. The molecule has 3 aromatic rings. The van der Waals surface area contributed by atoms with Gasteiger partial charge in [0.15, 0.2) is 0 Å². The first-order valence-corrected chi connectivity index (χ1v) is 13.1. The van der Waals surface area contributed by atoms with Gasteiger partial charge >= 0.3 is 0 Å². The molecule has 0 atom stereocenters. The summed E-state index contributed by atoms with van der Waals surface area (Å²) in [6.45, 7) is 5.65. The zero-order valence-corrected chi connectivity index (χ0v) is 22.0. The highest BCUT2D eigenvalue weighted by Crippen LogP contribution is 2.34. The summed E-state index contributed by atoms with van der Waals surface area (Å²) >= 11 is 6.13. The van der Waals surface area contributed by atoms with Gasteiger partial charge in [0.2, 0.25) is 5.91 Å². The van der Waals surface area contributed by atoms with E-state index in [1.807, 2.05) is 56.9 Å². The van der Waals surface area contributed by atoms with Crippen LogP contribution in [-0.4, -0.2) is 77.8 Å². The Labute approximate surface area is 222 Å². The minimum Gasteiger partial charge on any atom is -0.495 e. The predicted molar refractivity (Wildman–Crippen MR) is 144 cm³/mol. The van der Waals surface area contributed by atoms with Gasteiger partial charge in [0.25, 0.3) is 5.91 Å². The first-order valence-electron chi connectivity index (χ1n) is 12.7. The maximum absolute atomic E-state index is 13.8. The van der Waals surface area contributed by atoms with E-state index in [4.69, 9.17) is 16.3 Å². The maximum Gasteiger partial charge on any atom is 0.257 e. The van der Waals surface area contributed by atoms with Crippen molar-refractivity contribution in [3.63, 3.8) is 0 Å². The van der Waals surface area contributed by atoms with Gasteiger partial charge in [0, 0.05) is 57.1 Å². The summed E-state index contributed by atoms with van der Waals surface area (Å²) in [5.74, 6) is 1.06. The Morgan fingerprint density at radius 1 is 0.919 bits per heavy atom. The van der Waals surface area contributed by atoms with Crippen LogP contribution in [0.4, 0.5) is 5.69 Å². The number of carbonyl (C=O) groups is 2. The topological polar surface area (TPSA) is 70.9 Å². The van der Waals surface area contributed by atoms with Crippen LogP contribution in [0.5, 0.6) is 5.75 Å². The Balaban J connectivity index is 1.39. The Hall–Kier alpha value is -3.52. The van der Waals surface area contributed by atoms with Crippen molar-refractivity contribution in [2.24, 2.45) is 0 Å². The van der Waals surface area contributed by atoms with Crippen molar-refractivity contribution in [2.45, 2.75) is 25.7 Å². The molecule has 9 heteroatoms. The van der Waals surface area contributed by atoms with Crippen LogP contribution >= 0.6 is 11.6 Å². The minimum absolute atomic E-state index is 0.00360. The average molecular weight is 522 g/mol. The summed E-state index contributed by atoms with van der Waals surface area (Å²) < 4.78 is 7.41. The molecule has 194 valence electrons. The predicted octanol–water partition coefficient (Wildman–Crippen LogP) is 4.22. The molecular weight excluding hydrogens is 490 g/mol. The second-order valence-electron chi connectivity index (χ2n) is 9.56. The Kier molecular flexibility index (Phi) is 7.37. The van der Waals surface area contributed by atoms with Crippen LogP contribution in [0.1, 0.15) is 41.7 Å². The number of piperidine rings is 1. The molecule has 0 saturated carbocycles. The molecule has 8 nitrogen and oxygen atoms in total. The van der Waals surface area contributed by atoms with E-state index in [0.29, 0.717) is 36.8 Å². The number of methoxy groups -OCH3 is 1. The van der Waals surface area contributed by atoms with Crippen molar-refractivity contribution in [3.8, 4) is 11.4 Å². The monoisotopic (exact) mass is 521 g/mol. The number of benzene rings is 2. The van der Waals surface area contributed by atoms with Crippen LogP contribution in [0.25, 0.3) is 5.69 Å². The zero-order valence-electron chi connectivity index (χ0n) is 21.3. The molecule has 2 aliphatic rings. The number of halogens is 1. The van der Waals surface area contributed by atoms with E-state index in [1.54, 1.807) is 20.2 Å². The third-order valence-electron chi connectivity index (χ3n) is 7.43. The third-order valence-corrected chi connectivity index (χ3v) is 7.68. The van der Waals surface area contributed by atoms with Crippen LogP contribution in [0, 0.1) is 0 Å². The van der Waals surface area contributed by atoms with E-state index >= 15 is 0 Å². The molecule has 0 unspecified atom stereocenters. The highest BCUT2D eigenvalue weighted by atomic mass is 35.5. The number of aromatic nitrogens is 2. The fourth-order valence-electron chi connectivity index (χ4n) is 5.38. The largest absolute Gasteiger partial charge is 0.495 e. The number of nitrogens with zero attached hydrogens (tertiary/aromatic N) is 5. The number of rotatable bonds is 5. The van der Waals surface area contributed by atoms with Gasteiger partial charge in [-0.15, -0.1) is 0 Å². The molecule has 5 rings (SSSR count). The standard InChI is InChI=1S/C28H32ClN5O3/c1-20(35)31-13-11-21(12-14-31)27-24(19-30-34(27)23-9-7-22(29)8-10-23)28(36)33-17-15-32(16-18-33)25-5-3-4-6-26(25)37-2/h3-10,19,21H,11-18H2,1-2H3. The van der Waals surface area contributed by atoms with E-state index in [9.17, 15) is 9.59 Å². The van der Waals surface area contributed by atoms with Crippen molar-refractivity contribution < 1.29 is 14.3 Å². The average Bonchev–Trinajstić information content (AvgIpc) is 3.38. The van der Waals surface area contributed by atoms with Crippen LogP contribution in [0.2, 0.25) is 5.02 Å². The van der Waals surface area contributed by atoms with Crippen molar-refractivity contribution in [1.82, 2.24) is 19.6 Å². The van der Waals surface area contributed by atoms with Crippen LogP contribution in [0.3, 0.4) is 0 Å². The fraction of sp³-hybridized carbons (Fsp3) is 0.393. The fourth-order valence-corrected chi connectivity index (χ4v) is 5.51. The summed E-state index contributed by atoms with van der Waals surface area (Å²) in [5, 5.41) is 5.31. The summed E-state index contributed by atoms with van der Waals surface area (Å²) in [6, 6.07) is 15.5. The Morgan fingerprint density at radius 2 is 1.59 bits per heavy atom. The highest BCUT2D eigenvalue weighted by Gasteiger charge is 2.32. The molecule has 0 N–H and O–H groups in total. The summed E-state index contributed by atoms with van der Waals surface area (Å²) in [7, 11) is 1.68. The number of piperazine rings is 1. The summed E-state index contributed by atoms with van der Waals surface area (Å²) in [4.78, 5) is 31.8. The van der Waals surface area contributed by atoms with Gasteiger partial charge in [-0.1, -0.05) is 23.7 Å². The van der Waals surface area contributed by atoms with Crippen molar-refractivity contribution in [1.29, 1.82) is 0 Å². The van der Waals surface area contributed by atoms with E-state index in [2.05, 4.69) is 16.1 Å². The molecule has 1 aromatic heterocycles. The van der Waals surface area contributed by atoms with Gasteiger partial charge in [-0.05, 0) is 49.2 Å². The van der Waals surface area contributed by atoms with Gasteiger partial charge in [-0.2, -0.15) is 5.10 Å². The maximum atomic E-state index is 13.8. The van der Waals surface area contributed by atoms with Crippen molar-refractivity contribution >= 4 is 29.1 Å². The van der Waals surface area contributed by atoms with Crippen LogP contribution < -0.4 is 9.64 Å². The van der Waals surface area contributed by atoms with Gasteiger partial charge in [0.05, 0.1) is 35.9 Å². The lowest BCUT2D eigenvalue weighted by atomic mass is 9.90.